The van der Waals surface area contributed by atoms with Crippen molar-refractivity contribution in [3.8, 4) is 0 Å². The second kappa shape index (κ2) is 4.21. The van der Waals surface area contributed by atoms with Gasteiger partial charge in [0.2, 0.25) is 0 Å². The van der Waals surface area contributed by atoms with Crippen molar-refractivity contribution in [2.24, 2.45) is 5.14 Å². The molecule has 0 amide bonds. The highest BCUT2D eigenvalue weighted by atomic mass is 32.2. The topological polar surface area (TPSA) is 63.4 Å². The smallest absolute Gasteiger partial charge is 0.216 e. The molecule has 1 aromatic rings. The number of hydrogen-bond donors (Lipinski definition) is 1. The van der Waals surface area contributed by atoms with Crippen LogP contribution in [0.3, 0.4) is 0 Å². The third kappa shape index (κ3) is 3.22. The highest BCUT2D eigenvalue weighted by molar-refractivity contribution is 7.86. The zero-order valence-corrected chi connectivity index (χ0v) is 8.76. The van der Waals surface area contributed by atoms with Crippen LogP contribution in [0.15, 0.2) is 18.2 Å². The minimum atomic E-state index is -3.81. The molecule has 0 aromatic heterocycles. The van der Waals surface area contributed by atoms with Gasteiger partial charge in [0.1, 0.15) is 0 Å². The lowest BCUT2D eigenvalue weighted by Gasteiger charge is -2.13. The third-order valence-electron chi connectivity index (χ3n) is 1.82. The van der Waals surface area contributed by atoms with Gasteiger partial charge < -0.3 is 0 Å². The molecular formula is C8H10F2N2O2S. The number of hydrogen-bond acceptors (Lipinski definition) is 2. The summed E-state index contributed by atoms with van der Waals surface area (Å²) >= 11 is 0. The van der Waals surface area contributed by atoms with E-state index in [9.17, 15) is 17.2 Å². The van der Waals surface area contributed by atoms with Gasteiger partial charge in [0.05, 0.1) is 0 Å². The summed E-state index contributed by atoms with van der Waals surface area (Å²) in [5.41, 5.74) is 0.324. The SMILES string of the molecule is CN(Cc1ccc(F)c(F)c1)S(N)(=O)=O. The minimum absolute atomic E-state index is 0.101. The normalized spacial score (nSPS) is 12.1. The van der Waals surface area contributed by atoms with E-state index in [1.807, 2.05) is 0 Å². The first-order chi connectivity index (χ1) is 6.80. The molecule has 0 fully saturated rings. The second-order valence-electron chi connectivity index (χ2n) is 3.05. The summed E-state index contributed by atoms with van der Waals surface area (Å²) < 4.78 is 47.8. The molecule has 0 aliphatic rings. The number of benzene rings is 1. The molecule has 0 atom stereocenters. The van der Waals surface area contributed by atoms with Gasteiger partial charge >= 0.3 is 0 Å². The van der Waals surface area contributed by atoms with Crippen LogP contribution in [0.2, 0.25) is 0 Å². The van der Waals surface area contributed by atoms with Crippen molar-refractivity contribution in [3.63, 3.8) is 0 Å². The molecule has 0 saturated heterocycles. The Morgan fingerprint density at radius 1 is 1.33 bits per heavy atom. The maximum absolute atomic E-state index is 12.8. The van der Waals surface area contributed by atoms with E-state index in [0.29, 0.717) is 5.56 Å². The van der Waals surface area contributed by atoms with E-state index in [1.54, 1.807) is 0 Å². The first-order valence-electron chi connectivity index (χ1n) is 3.98. The van der Waals surface area contributed by atoms with Gasteiger partial charge in [0, 0.05) is 13.6 Å². The molecule has 0 spiro atoms. The van der Waals surface area contributed by atoms with Crippen LogP contribution in [0.25, 0.3) is 0 Å². The highest BCUT2D eigenvalue weighted by Gasteiger charge is 2.12. The van der Waals surface area contributed by atoms with E-state index in [4.69, 9.17) is 5.14 Å². The summed E-state index contributed by atoms with van der Waals surface area (Å²) in [6, 6.07) is 3.15. The Morgan fingerprint density at radius 3 is 2.40 bits per heavy atom. The molecule has 0 aliphatic heterocycles. The maximum Gasteiger partial charge on any atom is 0.276 e. The van der Waals surface area contributed by atoms with Crippen molar-refractivity contribution in [2.45, 2.75) is 6.54 Å². The van der Waals surface area contributed by atoms with Crippen LogP contribution in [0.1, 0.15) is 5.56 Å². The molecular weight excluding hydrogens is 226 g/mol. The fourth-order valence-corrected chi connectivity index (χ4v) is 1.31. The average Bonchev–Trinajstić information content (AvgIpc) is 2.10. The van der Waals surface area contributed by atoms with Crippen molar-refractivity contribution >= 4 is 10.2 Å². The van der Waals surface area contributed by atoms with E-state index >= 15 is 0 Å². The largest absolute Gasteiger partial charge is 0.276 e. The monoisotopic (exact) mass is 236 g/mol. The fraction of sp³-hybridized carbons (Fsp3) is 0.250. The summed E-state index contributed by atoms with van der Waals surface area (Å²) in [6.07, 6.45) is 0. The van der Waals surface area contributed by atoms with Crippen LogP contribution in [0.5, 0.6) is 0 Å². The van der Waals surface area contributed by atoms with Crippen molar-refractivity contribution in [1.82, 2.24) is 4.31 Å². The van der Waals surface area contributed by atoms with Crippen LogP contribution in [-0.4, -0.2) is 19.8 Å². The van der Waals surface area contributed by atoms with Crippen molar-refractivity contribution in [2.75, 3.05) is 7.05 Å². The molecule has 0 unspecified atom stereocenters. The molecule has 0 aliphatic carbocycles. The summed E-state index contributed by atoms with van der Waals surface area (Å²) in [4.78, 5) is 0. The van der Waals surface area contributed by atoms with Gasteiger partial charge in [-0.1, -0.05) is 6.07 Å². The molecule has 2 N–H and O–H groups in total. The lowest BCUT2D eigenvalue weighted by Crippen LogP contribution is -2.32. The first-order valence-corrected chi connectivity index (χ1v) is 5.49. The number of rotatable bonds is 3. The highest BCUT2D eigenvalue weighted by Crippen LogP contribution is 2.10. The Kier molecular flexibility index (Phi) is 3.38. The predicted octanol–water partition coefficient (Wildman–Crippen LogP) is 0.600. The van der Waals surface area contributed by atoms with Crippen LogP contribution in [-0.2, 0) is 16.8 Å². The summed E-state index contributed by atoms with van der Waals surface area (Å²) in [5.74, 6) is -1.99. The summed E-state index contributed by atoms with van der Waals surface area (Å²) in [6.45, 7) is -0.101. The van der Waals surface area contributed by atoms with E-state index in [2.05, 4.69) is 0 Å². The summed E-state index contributed by atoms with van der Waals surface area (Å²) in [5, 5.41) is 4.83. The number of nitrogens with zero attached hydrogens (tertiary/aromatic N) is 1. The van der Waals surface area contributed by atoms with Crippen molar-refractivity contribution in [1.29, 1.82) is 0 Å². The second-order valence-corrected chi connectivity index (χ2v) is 4.70. The van der Waals surface area contributed by atoms with Crippen molar-refractivity contribution < 1.29 is 17.2 Å². The molecule has 1 aromatic carbocycles. The average molecular weight is 236 g/mol. The van der Waals surface area contributed by atoms with Crippen LogP contribution >= 0.6 is 0 Å². The molecule has 15 heavy (non-hydrogen) atoms. The van der Waals surface area contributed by atoms with Gasteiger partial charge in [0.25, 0.3) is 10.2 Å². The maximum atomic E-state index is 12.8. The predicted molar refractivity (Wildman–Crippen MR) is 50.9 cm³/mol. The molecule has 0 heterocycles. The lowest BCUT2D eigenvalue weighted by molar-refractivity contribution is 0.463. The Hall–Kier alpha value is -1.05. The fourth-order valence-electron chi connectivity index (χ4n) is 0.985. The van der Waals surface area contributed by atoms with Crippen LogP contribution in [0, 0.1) is 11.6 Å². The Balaban J connectivity index is 2.87. The van der Waals surface area contributed by atoms with Gasteiger partial charge in [-0.2, -0.15) is 12.7 Å². The van der Waals surface area contributed by atoms with Gasteiger partial charge in [-0.15, -0.1) is 0 Å². The standard InChI is InChI=1S/C8H10F2N2O2S/c1-12(15(11,13)14)5-6-2-3-7(9)8(10)4-6/h2-4H,5H2,1H3,(H2,11,13,14). The Morgan fingerprint density at radius 2 is 1.93 bits per heavy atom. The van der Waals surface area contributed by atoms with E-state index in [1.165, 1.54) is 13.1 Å². The van der Waals surface area contributed by atoms with Gasteiger partial charge in [-0.3, -0.25) is 0 Å². The minimum Gasteiger partial charge on any atom is -0.216 e. The van der Waals surface area contributed by atoms with Gasteiger partial charge in [-0.25, -0.2) is 13.9 Å². The van der Waals surface area contributed by atoms with E-state index in [-0.39, 0.29) is 6.54 Å². The Labute approximate surface area is 86.5 Å². The molecule has 84 valence electrons. The van der Waals surface area contributed by atoms with Gasteiger partial charge in [0.15, 0.2) is 11.6 Å². The summed E-state index contributed by atoms with van der Waals surface area (Å²) in [7, 11) is -2.56. The quantitative estimate of drug-likeness (QED) is 0.835. The van der Waals surface area contributed by atoms with E-state index < -0.39 is 21.8 Å². The van der Waals surface area contributed by atoms with Gasteiger partial charge in [-0.05, 0) is 17.7 Å². The lowest BCUT2D eigenvalue weighted by atomic mass is 10.2. The molecule has 0 saturated carbocycles. The van der Waals surface area contributed by atoms with Crippen LogP contribution < -0.4 is 5.14 Å². The van der Waals surface area contributed by atoms with Crippen LogP contribution in [0.4, 0.5) is 8.78 Å². The number of halogens is 2. The molecule has 0 bridgehead atoms. The third-order valence-corrected chi connectivity index (χ3v) is 2.82. The zero-order valence-electron chi connectivity index (χ0n) is 7.94. The molecule has 7 heteroatoms. The van der Waals surface area contributed by atoms with Crippen molar-refractivity contribution in [3.05, 3.63) is 35.4 Å². The van der Waals surface area contributed by atoms with E-state index in [0.717, 1.165) is 16.4 Å². The molecule has 0 radical (unpaired) electrons. The molecule has 1 rings (SSSR count). The molecule has 4 nitrogen and oxygen atoms in total. The number of nitrogens with two attached hydrogens (primary N) is 1. The first kappa shape index (κ1) is 12.0. The zero-order chi connectivity index (χ0) is 11.6. The Bertz CT molecular complexity index is 462.